The topological polar surface area (TPSA) is 44.9 Å². The molecule has 0 spiro atoms. The monoisotopic (exact) mass is 264 g/mol. The fraction of sp³-hybridized carbons (Fsp3) is 0.357. The largest absolute Gasteiger partial charge is 0.358 e. The van der Waals surface area contributed by atoms with Crippen molar-refractivity contribution in [2.45, 2.75) is 26.7 Å². The zero-order chi connectivity index (χ0) is 13.1. The number of hydrogen-bond acceptors (Lipinski definition) is 1. The van der Waals surface area contributed by atoms with Crippen LogP contribution in [0.4, 0.5) is 0 Å². The standard InChI is InChI=1S/C14H17ClN2O/c1-3-4-7-16-14(18)13-9(2)17-12-8-10(15)5-6-11(12)13/h5-6,8,17H,3-4,7H2,1-2H3,(H,16,18). The Bertz CT molecular complexity index is 574. The number of aromatic amines is 1. The fourth-order valence-electron chi connectivity index (χ4n) is 2.06. The zero-order valence-corrected chi connectivity index (χ0v) is 11.4. The summed E-state index contributed by atoms with van der Waals surface area (Å²) in [5.74, 6) is -0.0190. The summed E-state index contributed by atoms with van der Waals surface area (Å²) in [6.45, 7) is 4.72. The van der Waals surface area contributed by atoms with Crippen molar-refractivity contribution >= 4 is 28.4 Å². The van der Waals surface area contributed by atoms with Crippen LogP contribution in [-0.4, -0.2) is 17.4 Å². The average Bonchev–Trinajstić information content (AvgIpc) is 2.64. The molecule has 96 valence electrons. The third-order valence-electron chi connectivity index (χ3n) is 2.99. The van der Waals surface area contributed by atoms with E-state index in [1.165, 1.54) is 0 Å². The molecule has 0 bridgehead atoms. The lowest BCUT2D eigenvalue weighted by Crippen LogP contribution is -2.24. The van der Waals surface area contributed by atoms with Crippen molar-refractivity contribution in [2.75, 3.05) is 6.54 Å². The van der Waals surface area contributed by atoms with Crippen LogP contribution in [0.3, 0.4) is 0 Å². The van der Waals surface area contributed by atoms with E-state index in [9.17, 15) is 4.79 Å². The summed E-state index contributed by atoms with van der Waals surface area (Å²) in [6.07, 6.45) is 2.07. The van der Waals surface area contributed by atoms with E-state index in [-0.39, 0.29) is 5.91 Å². The summed E-state index contributed by atoms with van der Waals surface area (Å²) in [5, 5.41) is 4.53. The van der Waals surface area contributed by atoms with Crippen molar-refractivity contribution in [1.82, 2.24) is 10.3 Å². The van der Waals surface area contributed by atoms with Gasteiger partial charge in [-0.2, -0.15) is 0 Å². The maximum atomic E-state index is 12.1. The van der Waals surface area contributed by atoms with Crippen molar-refractivity contribution in [3.8, 4) is 0 Å². The summed E-state index contributed by atoms with van der Waals surface area (Å²) < 4.78 is 0. The van der Waals surface area contributed by atoms with Crippen LogP contribution in [0.25, 0.3) is 10.9 Å². The highest BCUT2D eigenvalue weighted by Crippen LogP contribution is 2.24. The number of amides is 1. The zero-order valence-electron chi connectivity index (χ0n) is 10.6. The predicted octanol–water partition coefficient (Wildman–Crippen LogP) is 3.66. The van der Waals surface area contributed by atoms with E-state index < -0.39 is 0 Å². The van der Waals surface area contributed by atoms with Gasteiger partial charge in [0.05, 0.1) is 5.56 Å². The molecular weight excluding hydrogens is 248 g/mol. The Kier molecular flexibility index (Phi) is 3.92. The molecule has 1 amide bonds. The lowest BCUT2D eigenvalue weighted by atomic mass is 10.1. The molecule has 0 saturated carbocycles. The number of hydrogen-bond donors (Lipinski definition) is 2. The van der Waals surface area contributed by atoms with Crippen molar-refractivity contribution in [3.05, 3.63) is 34.5 Å². The number of fused-ring (bicyclic) bond motifs is 1. The summed E-state index contributed by atoms with van der Waals surface area (Å²) in [7, 11) is 0. The Balaban J connectivity index is 2.32. The molecule has 0 radical (unpaired) electrons. The Morgan fingerprint density at radius 1 is 1.44 bits per heavy atom. The first-order valence-electron chi connectivity index (χ1n) is 6.19. The Hall–Kier alpha value is -1.48. The fourth-order valence-corrected chi connectivity index (χ4v) is 2.24. The van der Waals surface area contributed by atoms with Crippen LogP contribution in [0.1, 0.15) is 35.8 Å². The maximum Gasteiger partial charge on any atom is 0.253 e. The van der Waals surface area contributed by atoms with Crippen LogP contribution in [0.15, 0.2) is 18.2 Å². The first kappa shape index (κ1) is 13.0. The molecule has 0 atom stereocenters. The number of carbonyl (C=O) groups excluding carboxylic acids is 1. The third kappa shape index (κ3) is 2.51. The highest BCUT2D eigenvalue weighted by atomic mass is 35.5. The second-order valence-corrected chi connectivity index (χ2v) is 4.86. The third-order valence-corrected chi connectivity index (χ3v) is 3.23. The number of benzene rings is 1. The van der Waals surface area contributed by atoms with Gasteiger partial charge in [0.1, 0.15) is 0 Å². The number of halogens is 1. The second kappa shape index (κ2) is 5.44. The molecule has 2 rings (SSSR count). The molecule has 1 aromatic carbocycles. The first-order chi connectivity index (χ1) is 8.63. The minimum absolute atomic E-state index is 0.0190. The van der Waals surface area contributed by atoms with Gasteiger partial charge in [0, 0.05) is 28.2 Å². The number of aryl methyl sites for hydroxylation is 1. The maximum absolute atomic E-state index is 12.1. The van der Waals surface area contributed by atoms with Crippen molar-refractivity contribution in [3.63, 3.8) is 0 Å². The number of H-pyrrole nitrogens is 1. The number of unbranched alkanes of at least 4 members (excludes halogenated alkanes) is 1. The molecule has 0 aliphatic heterocycles. The number of aromatic nitrogens is 1. The SMILES string of the molecule is CCCCNC(=O)c1c(C)[nH]c2cc(Cl)ccc12. The van der Waals surface area contributed by atoms with Gasteiger partial charge in [-0.25, -0.2) is 0 Å². The highest BCUT2D eigenvalue weighted by molar-refractivity contribution is 6.31. The summed E-state index contributed by atoms with van der Waals surface area (Å²) >= 11 is 5.94. The van der Waals surface area contributed by atoms with Gasteiger partial charge in [-0.05, 0) is 25.5 Å². The van der Waals surface area contributed by atoms with Gasteiger partial charge in [0.2, 0.25) is 0 Å². The molecule has 1 aromatic heterocycles. The second-order valence-electron chi connectivity index (χ2n) is 4.42. The van der Waals surface area contributed by atoms with Gasteiger partial charge in [-0.15, -0.1) is 0 Å². The molecular formula is C14H17ClN2O. The van der Waals surface area contributed by atoms with Crippen LogP contribution in [0, 0.1) is 6.92 Å². The van der Waals surface area contributed by atoms with E-state index >= 15 is 0 Å². The molecule has 2 N–H and O–H groups in total. The summed E-state index contributed by atoms with van der Waals surface area (Å²) in [4.78, 5) is 15.3. The van der Waals surface area contributed by atoms with Gasteiger partial charge < -0.3 is 10.3 Å². The van der Waals surface area contributed by atoms with E-state index in [0.29, 0.717) is 5.02 Å². The van der Waals surface area contributed by atoms with E-state index in [1.807, 2.05) is 19.1 Å². The van der Waals surface area contributed by atoms with Crippen LogP contribution in [0.2, 0.25) is 5.02 Å². The minimum Gasteiger partial charge on any atom is -0.358 e. The van der Waals surface area contributed by atoms with Gasteiger partial charge in [-0.3, -0.25) is 4.79 Å². The molecule has 0 saturated heterocycles. The Morgan fingerprint density at radius 2 is 2.22 bits per heavy atom. The van der Waals surface area contributed by atoms with Gasteiger partial charge in [0.25, 0.3) is 5.91 Å². The van der Waals surface area contributed by atoms with Crippen LogP contribution in [0.5, 0.6) is 0 Å². The van der Waals surface area contributed by atoms with E-state index in [0.717, 1.165) is 41.5 Å². The van der Waals surface area contributed by atoms with Crippen LogP contribution >= 0.6 is 11.6 Å². The number of nitrogens with one attached hydrogen (secondary N) is 2. The molecule has 0 fully saturated rings. The summed E-state index contributed by atoms with van der Waals surface area (Å²) in [6, 6.07) is 5.53. The van der Waals surface area contributed by atoms with E-state index in [1.54, 1.807) is 6.07 Å². The average molecular weight is 265 g/mol. The number of carbonyl (C=O) groups is 1. The van der Waals surface area contributed by atoms with Gasteiger partial charge in [-0.1, -0.05) is 31.0 Å². The van der Waals surface area contributed by atoms with E-state index in [4.69, 9.17) is 11.6 Å². The normalized spacial score (nSPS) is 10.8. The molecule has 1 heterocycles. The minimum atomic E-state index is -0.0190. The quantitative estimate of drug-likeness (QED) is 0.814. The van der Waals surface area contributed by atoms with Crippen LogP contribution < -0.4 is 5.32 Å². The lowest BCUT2D eigenvalue weighted by molar-refractivity contribution is 0.0954. The summed E-state index contributed by atoms with van der Waals surface area (Å²) in [5.41, 5.74) is 2.50. The smallest absolute Gasteiger partial charge is 0.253 e. The molecule has 4 heteroatoms. The van der Waals surface area contributed by atoms with Crippen molar-refractivity contribution in [2.24, 2.45) is 0 Å². The molecule has 0 aliphatic carbocycles. The molecule has 18 heavy (non-hydrogen) atoms. The molecule has 0 aliphatic rings. The lowest BCUT2D eigenvalue weighted by Gasteiger charge is -2.04. The highest BCUT2D eigenvalue weighted by Gasteiger charge is 2.15. The van der Waals surface area contributed by atoms with Crippen molar-refractivity contribution in [1.29, 1.82) is 0 Å². The molecule has 3 nitrogen and oxygen atoms in total. The molecule has 2 aromatic rings. The van der Waals surface area contributed by atoms with Gasteiger partial charge in [0.15, 0.2) is 0 Å². The van der Waals surface area contributed by atoms with E-state index in [2.05, 4.69) is 17.2 Å². The Morgan fingerprint density at radius 3 is 2.94 bits per heavy atom. The van der Waals surface area contributed by atoms with Crippen LogP contribution in [-0.2, 0) is 0 Å². The molecule has 0 unspecified atom stereocenters. The first-order valence-corrected chi connectivity index (χ1v) is 6.57. The van der Waals surface area contributed by atoms with Gasteiger partial charge >= 0.3 is 0 Å². The van der Waals surface area contributed by atoms with Crippen molar-refractivity contribution < 1.29 is 4.79 Å². The number of rotatable bonds is 4. The predicted molar refractivity (Wildman–Crippen MR) is 75.3 cm³/mol. The Labute approximate surface area is 112 Å².